The molecule has 158 valence electrons. The molecule has 31 heavy (non-hydrogen) atoms. The van der Waals surface area contributed by atoms with Crippen LogP contribution in [0.1, 0.15) is 16.7 Å². The van der Waals surface area contributed by atoms with Crippen LogP contribution in [0.4, 0.5) is 10.1 Å². The molecule has 0 fully saturated rings. The topological polar surface area (TPSA) is 73.1 Å². The summed E-state index contributed by atoms with van der Waals surface area (Å²) < 4.78 is 16.1. The fraction of sp³-hybridized carbons (Fsp3) is 0.174. The highest BCUT2D eigenvalue weighted by Gasteiger charge is 2.19. The number of thiophene rings is 1. The normalized spacial score (nSPS) is 11.1. The molecule has 0 aliphatic carbocycles. The summed E-state index contributed by atoms with van der Waals surface area (Å²) >= 11 is 1.22. The lowest BCUT2D eigenvalue weighted by atomic mass is 10.1. The number of aryl methyl sites for hydroxylation is 3. The number of nitrogens with zero attached hydrogens (tertiary/aromatic N) is 2. The fourth-order valence-electron chi connectivity index (χ4n) is 3.61. The van der Waals surface area contributed by atoms with Crippen LogP contribution in [-0.2, 0) is 11.3 Å². The molecule has 0 aliphatic heterocycles. The molecule has 0 atom stereocenters. The van der Waals surface area contributed by atoms with Crippen molar-refractivity contribution in [1.29, 1.82) is 0 Å². The number of amides is 1. The Bertz CT molecular complexity index is 1450. The van der Waals surface area contributed by atoms with E-state index in [0.29, 0.717) is 27.2 Å². The van der Waals surface area contributed by atoms with E-state index in [1.54, 1.807) is 24.4 Å². The molecule has 2 heterocycles. The van der Waals surface area contributed by atoms with Crippen molar-refractivity contribution in [3.05, 3.63) is 91.2 Å². The van der Waals surface area contributed by atoms with E-state index >= 15 is 0 Å². The Hall–Kier alpha value is -3.52. The van der Waals surface area contributed by atoms with Crippen molar-refractivity contribution < 1.29 is 9.18 Å². The fourth-order valence-corrected chi connectivity index (χ4v) is 4.43. The number of halogens is 1. The zero-order valence-corrected chi connectivity index (χ0v) is 18.0. The van der Waals surface area contributed by atoms with Crippen molar-refractivity contribution >= 4 is 33.1 Å². The third-order valence-corrected chi connectivity index (χ3v) is 6.00. The second kappa shape index (κ2) is 7.96. The maximum absolute atomic E-state index is 13.3. The SMILES string of the molecule is Cc1ccc(-n2c(=O)c3sccc3n(CC(=O)Nc3ccc(F)cc3C)c2=O)c(C)c1. The molecule has 4 aromatic rings. The van der Waals surface area contributed by atoms with Crippen molar-refractivity contribution in [2.75, 3.05) is 5.32 Å². The minimum Gasteiger partial charge on any atom is -0.324 e. The monoisotopic (exact) mass is 437 g/mol. The van der Waals surface area contributed by atoms with E-state index < -0.39 is 23.0 Å². The Balaban J connectivity index is 1.81. The first-order chi connectivity index (χ1) is 14.8. The number of carbonyl (C=O) groups excluding carboxylic acids is 1. The molecule has 2 aromatic heterocycles. The number of benzene rings is 2. The van der Waals surface area contributed by atoms with Crippen LogP contribution >= 0.6 is 11.3 Å². The van der Waals surface area contributed by atoms with Crippen LogP contribution in [0.25, 0.3) is 15.9 Å². The molecule has 8 heteroatoms. The lowest BCUT2D eigenvalue weighted by Crippen LogP contribution is -2.40. The van der Waals surface area contributed by atoms with E-state index in [-0.39, 0.29) is 6.54 Å². The number of nitrogens with one attached hydrogen (secondary N) is 1. The van der Waals surface area contributed by atoms with Crippen molar-refractivity contribution in [3.63, 3.8) is 0 Å². The van der Waals surface area contributed by atoms with E-state index in [0.717, 1.165) is 15.7 Å². The highest BCUT2D eigenvalue weighted by molar-refractivity contribution is 7.17. The summed E-state index contributed by atoms with van der Waals surface area (Å²) in [6.45, 7) is 5.17. The molecule has 4 rings (SSSR count). The van der Waals surface area contributed by atoms with Gasteiger partial charge in [0.25, 0.3) is 5.56 Å². The predicted molar refractivity (Wildman–Crippen MR) is 121 cm³/mol. The van der Waals surface area contributed by atoms with Crippen LogP contribution in [0.2, 0.25) is 0 Å². The van der Waals surface area contributed by atoms with E-state index in [9.17, 15) is 18.8 Å². The molecule has 0 saturated carbocycles. The molecule has 1 amide bonds. The lowest BCUT2D eigenvalue weighted by Gasteiger charge is -2.14. The summed E-state index contributed by atoms with van der Waals surface area (Å²) in [7, 11) is 0. The van der Waals surface area contributed by atoms with Gasteiger partial charge in [0.1, 0.15) is 17.1 Å². The van der Waals surface area contributed by atoms with Crippen LogP contribution in [0.3, 0.4) is 0 Å². The number of carbonyl (C=O) groups is 1. The minimum atomic E-state index is -0.589. The average molecular weight is 437 g/mol. The lowest BCUT2D eigenvalue weighted by molar-refractivity contribution is -0.116. The minimum absolute atomic E-state index is 0.284. The van der Waals surface area contributed by atoms with Gasteiger partial charge in [-0.1, -0.05) is 17.7 Å². The van der Waals surface area contributed by atoms with Gasteiger partial charge in [-0.25, -0.2) is 13.8 Å². The van der Waals surface area contributed by atoms with E-state index in [2.05, 4.69) is 5.32 Å². The predicted octanol–water partition coefficient (Wildman–Crippen LogP) is 3.92. The zero-order chi connectivity index (χ0) is 22.3. The first-order valence-electron chi connectivity index (χ1n) is 9.63. The summed E-state index contributed by atoms with van der Waals surface area (Å²) in [6.07, 6.45) is 0. The van der Waals surface area contributed by atoms with Gasteiger partial charge >= 0.3 is 5.69 Å². The largest absolute Gasteiger partial charge is 0.336 e. The summed E-state index contributed by atoms with van der Waals surface area (Å²) in [5.41, 5.74) is 2.73. The van der Waals surface area contributed by atoms with Crippen LogP contribution in [0, 0.1) is 26.6 Å². The first kappa shape index (κ1) is 20.7. The maximum atomic E-state index is 13.3. The van der Waals surface area contributed by atoms with E-state index in [4.69, 9.17) is 0 Å². The van der Waals surface area contributed by atoms with Gasteiger partial charge in [-0.15, -0.1) is 11.3 Å². The number of anilines is 1. The van der Waals surface area contributed by atoms with Gasteiger partial charge < -0.3 is 5.32 Å². The average Bonchev–Trinajstić information content (AvgIpc) is 3.19. The Kier molecular flexibility index (Phi) is 5.32. The van der Waals surface area contributed by atoms with Crippen molar-refractivity contribution in [1.82, 2.24) is 9.13 Å². The van der Waals surface area contributed by atoms with Gasteiger partial charge in [0.2, 0.25) is 5.91 Å². The Morgan fingerprint density at radius 2 is 1.81 bits per heavy atom. The number of aromatic nitrogens is 2. The maximum Gasteiger partial charge on any atom is 0.336 e. The number of rotatable bonds is 4. The molecule has 0 spiro atoms. The molecular formula is C23H20FN3O3S. The van der Waals surface area contributed by atoms with Gasteiger partial charge in [0, 0.05) is 5.69 Å². The van der Waals surface area contributed by atoms with Crippen LogP contribution in [-0.4, -0.2) is 15.0 Å². The molecule has 2 aromatic carbocycles. The second-order valence-electron chi connectivity index (χ2n) is 7.44. The van der Waals surface area contributed by atoms with Gasteiger partial charge in [-0.3, -0.25) is 14.2 Å². The summed E-state index contributed by atoms with van der Waals surface area (Å²) in [5.74, 6) is -0.845. The summed E-state index contributed by atoms with van der Waals surface area (Å²) in [4.78, 5) is 39.1. The third-order valence-electron chi connectivity index (χ3n) is 5.11. The number of hydrogen-bond acceptors (Lipinski definition) is 4. The van der Waals surface area contributed by atoms with Crippen molar-refractivity contribution in [3.8, 4) is 5.69 Å². The quantitative estimate of drug-likeness (QED) is 0.526. The highest BCUT2D eigenvalue weighted by atomic mass is 32.1. The zero-order valence-electron chi connectivity index (χ0n) is 17.2. The Morgan fingerprint density at radius 1 is 1.03 bits per heavy atom. The van der Waals surface area contributed by atoms with Crippen LogP contribution in [0.15, 0.2) is 57.4 Å². The molecule has 0 bridgehead atoms. The van der Waals surface area contributed by atoms with Gasteiger partial charge in [-0.05, 0) is 67.6 Å². The first-order valence-corrected chi connectivity index (χ1v) is 10.5. The van der Waals surface area contributed by atoms with Gasteiger partial charge in [0.15, 0.2) is 0 Å². The van der Waals surface area contributed by atoms with E-state index in [1.807, 2.05) is 26.0 Å². The number of fused-ring (bicyclic) bond motifs is 1. The second-order valence-corrected chi connectivity index (χ2v) is 8.36. The summed E-state index contributed by atoms with van der Waals surface area (Å²) in [5, 5.41) is 4.43. The van der Waals surface area contributed by atoms with Gasteiger partial charge in [-0.2, -0.15) is 0 Å². The molecular weight excluding hydrogens is 417 g/mol. The van der Waals surface area contributed by atoms with Crippen LogP contribution in [0.5, 0.6) is 0 Å². The molecule has 0 saturated heterocycles. The molecule has 6 nitrogen and oxygen atoms in total. The number of hydrogen-bond donors (Lipinski definition) is 1. The smallest absolute Gasteiger partial charge is 0.324 e. The van der Waals surface area contributed by atoms with Crippen molar-refractivity contribution in [2.45, 2.75) is 27.3 Å². The molecule has 0 aliphatic rings. The summed E-state index contributed by atoms with van der Waals surface area (Å²) in [6, 6.07) is 11.2. The molecule has 0 unspecified atom stereocenters. The molecule has 1 N–H and O–H groups in total. The Morgan fingerprint density at radius 3 is 2.52 bits per heavy atom. The molecule has 0 radical (unpaired) electrons. The third kappa shape index (κ3) is 3.82. The van der Waals surface area contributed by atoms with Crippen LogP contribution < -0.4 is 16.6 Å². The van der Waals surface area contributed by atoms with Gasteiger partial charge in [0.05, 0.1) is 11.2 Å². The van der Waals surface area contributed by atoms with E-state index in [1.165, 1.54) is 34.1 Å². The highest BCUT2D eigenvalue weighted by Crippen LogP contribution is 2.19. The van der Waals surface area contributed by atoms with Crippen molar-refractivity contribution in [2.24, 2.45) is 0 Å². The Labute approximate surface area is 181 Å². The standard InChI is InChI=1S/C23H20FN3O3S/c1-13-4-7-18(15(3)10-13)27-22(29)21-19(8-9-31-21)26(23(27)30)12-20(28)25-17-6-5-16(24)11-14(17)2/h4-11H,12H2,1-3H3,(H,25,28).